The first-order valence-corrected chi connectivity index (χ1v) is 6.34. The minimum Gasteiger partial charge on any atom is -0.493 e. The number of hydrogen-bond donors (Lipinski definition) is 2. The van der Waals surface area contributed by atoms with Crippen molar-refractivity contribution < 1.29 is 9.53 Å². The second-order valence-corrected chi connectivity index (χ2v) is 4.41. The predicted octanol–water partition coefficient (Wildman–Crippen LogP) is 2.38. The smallest absolute Gasteiger partial charge is 0.227 e. The number of ether oxygens (including phenoxy) is 1. The number of aromatic nitrogens is 1. The van der Waals surface area contributed by atoms with Crippen LogP contribution in [0.1, 0.15) is 12.0 Å². The third-order valence-corrected chi connectivity index (χ3v) is 2.75. The molecule has 0 atom stereocenters. The molecule has 1 amide bonds. The highest BCUT2D eigenvalue weighted by Gasteiger charge is 2.05. The van der Waals surface area contributed by atoms with E-state index in [1.54, 1.807) is 36.7 Å². The van der Waals surface area contributed by atoms with Crippen LogP contribution in [0.5, 0.6) is 5.75 Å². The molecule has 1 heterocycles. The van der Waals surface area contributed by atoms with Crippen molar-refractivity contribution in [2.24, 2.45) is 0 Å². The van der Waals surface area contributed by atoms with Gasteiger partial charge in [-0.1, -0.05) is 6.07 Å². The fourth-order valence-electron chi connectivity index (χ4n) is 1.69. The Morgan fingerprint density at radius 1 is 1.40 bits per heavy atom. The molecule has 20 heavy (non-hydrogen) atoms. The number of nitrogens with one attached hydrogen (secondary N) is 1. The van der Waals surface area contributed by atoms with Gasteiger partial charge in [-0.2, -0.15) is 0 Å². The highest BCUT2D eigenvalue weighted by molar-refractivity contribution is 5.91. The van der Waals surface area contributed by atoms with Crippen molar-refractivity contribution in [2.45, 2.75) is 13.3 Å². The number of rotatable bonds is 5. The summed E-state index contributed by atoms with van der Waals surface area (Å²) in [6.45, 7) is 2.20. The number of aryl methyl sites for hydroxylation is 1. The molecule has 0 radical (unpaired) electrons. The van der Waals surface area contributed by atoms with Gasteiger partial charge in [0, 0.05) is 29.8 Å². The van der Waals surface area contributed by atoms with Crippen LogP contribution in [0.25, 0.3) is 0 Å². The summed E-state index contributed by atoms with van der Waals surface area (Å²) < 4.78 is 5.47. The summed E-state index contributed by atoms with van der Waals surface area (Å²) >= 11 is 0. The quantitative estimate of drug-likeness (QED) is 0.818. The molecule has 2 aromatic rings. The van der Waals surface area contributed by atoms with Crippen LogP contribution in [-0.4, -0.2) is 17.5 Å². The van der Waals surface area contributed by atoms with E-state index in [-0.39, 0.29) is 12.3 Å². The van der Waals surface area contributed by atoms with E-state index in [0.717, 1.165) is 11.3 Å². The molecule has 0 aliphatic rings. The predicted molar refractivity (Wildman–Crippen MR) is 78.6 cm³/mol. The van der Waals surface area contributed by atoms with Crippen molar-refractivity contribution in [3.05, 3.63) is 48.3 Å². The average Bonchev–Trinajstić information content (AvgIpc) is 2.41. The van der Waals surface area contributed by atoms with Crippen molar-refractivity contribution >= 4 is 17.3 Å². The number of anilines is 2. The van der Waals surface area contributed by atoms with Crippen LogP contribution < -0.4 is 15.8 Å². The van der Waals surface area contributed by atoms with Crippen molar-refractivity contribution in [3.8, 4) is 5.75 Å². The lowest BCUT2D eigenvalue weighted by Crippen LogP contribution is -2.15. The number of nitrogens with two attached hydrogens (primary N) is 1. The molecule has 0 unspecified atom stereocenters. The summed E-state index contributed by atoms with van der Waals surface area (Å²) in [7, 11) is 0. The molecule has 0 bridgehead atoms. The Morgan fingerprint density at radius 2 is 2.25 bits per heavy atom. The number of carbonyl (C=O) groups excluding carboxylic acids is 1. The lowest BCUT2D eigenvalue weighted by atomic mass is 10.2. The molecule has 0 saturated heterocycles. The zero-order valence-electron chi connectivity index (χ0n) is 11.3. The largest absolute Gasteiger partial charge is 0.493 e. The van der Waals surface area contributed by atoms with Gasteiger partial charge in [-0.05, 0) is 30.7 Å². The van der Waals surface area contributed by atoms with Gasteiger partial charge in [-0.3, -0.25) is 9.78 Å². The molecular formula is C15H17N3O2. The van der Waals surface area contributed by atoms with Crippen molar-refractivity contribution in [2.75, 3.05) is 17.7 Å². The van der Waals surface area contributed by atoms with Gasteiger partial charge in [0.15, 0.2) is 0 Å². The number of amides is 1. The maximum absolute atomic E-state index is 11.8. The van der Waals surface area contributed by atoms with Crippen LogP contribution >= 0.6 is 0 Å². The Balaban J connectivity index is 1.80. The molecule has 5 nitrogen and oxygen atoms in total. The van der Waals surface area contributed by atoms with E-state index >= 15 is 0 Å². The first-order valence-electron chi connectivity index (χ1n) is 6.34. The van der Waals surface area contributed by atoms with Crippen LogP contribution in [0.3, 0.4) is 0 Å². The van der Waals surface area contributed by atoms with Gasteiger partial charge in [-0.15, -0.1) is 0 Å². The second kappa shape index (κ2) is 6.56. The molecule has 0 fully saturated rings. The third-order valence-electron chi connectivity index (χ3n) is 2.75. The van der Waals surface area contributed by atoms with Gasteiger partial charge in [0.05, 0.1) is 13.0 Å². The molecule has 0 spiro atoms. The minimum atomic E-state index is -0.0943. The Hall–Kier alpha value is -2.56. The fourth-order valence-corrected chi connectivity index (χ4v) is 1.69. The topological polar surface area (TPSA) is 77.2 Å². The lowest BCUT2D eigenvalue weighted by Gasteiger charge is -2.09. The lowest BCUT2D eigenvalue weighted by molar-refractivity contribution is -0.116. The standard InChI is InChI=1S/C15H17N3O2/c1-11-10-17-7-5-14(11)18-15(19)6-8-20-13-4-2-3-12(16)9-13/h2-5,7,9-10H,6,8,16H2,1H3,(H,17,18,19). The zero-order valence-corrected chi connectivity index (χ0v) is 11.3. The first-order chi connectivity index (χ1) is 9.65. The summed E-state index contributed by atoms with van der Waals surface area (Å²) in [6, 6.07) is 8.90. The SMILES string of the molecule is Cc1cnccc1NC(=O)CCOc1cccc(N)c1. The van der Waals surface area contributed by atoms with Crippen molar-refractivity contribution in [1.29, 1.82) is 0 Å². The average molecular weight is 271 g/mol. The van der Waals surface area contributed by atoms with Crippen molar-refractivity contribution in [3.63, 3.8) is 0 Å². The minimum absolute atomic E-state index is 0.0943. The van der Waals surface area contributed by atoms with Gasteiger partial charge < -0.3 is 15.8 Å². The maximum Gasteiger partial charge on any atom is 0.227 e. The molecule has 0 saturated carbocycles. The number of pyridine rings is 1. The number of benzene rings is 1. The van der Waals surface area contributed by atoms with E-state index in [4.69, 9.17) is 10.5 Å². The molecular weight excluding hydrogens is 254 g/mol. The number of hydrogen-bond acceptors (Lipinski definition) is 4. The Labute approximate surface area is 117 Å². The van der Waals surface area contributed by atoms with Gasteiger partial charge in [0.25, 0.3) is 0 Å². The summed E-state index contributed by atoms with van der Waals surface area (Å²) in [5.41, 5.74) is 7.98. The van der Waals surface area contributed by atoms with Crippen molar-refractivity contribution in [1.82, 2.24) is 4.98 Å². The monoisotopic (exact) mass is 271 g/mol. The number of nitrogen functional groups attached to an aromatic ring is 1. The summed E-state index contributed by atoms with van der Waals surface area (Å²) in [4.78, 5) is 15.8. The van der Waals surface area contributed by atoms with Gasteiger partial charge in [-0.25, -0.2) is 0 Å². The third kappa shape index (κ3) is 3.98. The van der Waals surface area contributed by atoms with E-state index in [1.807, 2.05) is 13.0 Å². The van der Waals surface area contributed by atoms with E-state index in [2.05, 4.69) is 10.3 Å². The van der Waals surface area contributed by atoms with E-state index in [9.17, 15) is 4.79 Å². The molecule has 1 aromatic heterocycles. The molecule has 0 aliphatic heterocycles. The first kappa shape index (κ1) is 13.9. The molecule has 104 valence electrons. The number of carbonyl (C=O) groups is 1. The van der Waals surface area contributed by atoms with Gasteiger partial charge in [0.2, 0.25) is 5.91 Å². The maximum atomic E-state index is 11.8. The Morgan fingerprint density at radius 3 is 3.00 bits per heavy atom. The van der Waals surface area contributed by atoms with Crippen LogP contribution in [0, 0.1) is 6.92 Å². The molecule has 5 heteroatoms. The van der Waals surface area contributed by atoms with Gasteiger partial charge in [0.1, 0.15) is 5.75 Å². The van der Waals surface area contributed by atoms with E-state index < -0.39 is 0 Å². The molecule has 3 N–H and O–H groups in total. The normalized spacial score (nSPS) is 10.1. The van der Waals surface area contributed by atoms with Crippen LogP contribution in [-0.2, 0) is 4.79 Å². The summed E-state index contributed by atoms with van der Waals surface area (Å²) in [5.74, 6) is 0.570. The highest BCUT2D eigenvalue weighted by atomic mass is 16.5. The highest BCUT2D eigenvalue weighted by Crippen LogP contribution is 2.15. The van der Waals surface area contributed by atoms with Crippen LogP contribution in [0.4, 0.5) is 11.4 Å². The summed E-state index contributed by atoms with van der Waals surface area (Å²) in [5, 5.41) is 2.82. The molecule has 2 rings (SSSR count). The zero-order chi connectivity index (χ0) is 14.4. The van der Waals surface area contributed by atoms with Crippen LogP contribution in [0.15, 0.2) is 42.7 Å². The summed E-state index contributed by atoms with van der Waals surface area (Å²) in [6.07, 6.45) is 3.63. The molecule has 0 aliphatic carbocycles. The Bertz CT molecular complexity index is 599. The second-order valence-electron chi connectivity index (χ2n) is 4.41. The van der Waals surface area contributed by atoms with Crippen LogP contribution in [0.2, 0.25) is 0 Å². The Kier molecular flexibility index (Phi) is 4.55. The molecule has 1 aromatic carbocycles. The van der Waals surface area contributed by atoms with E-state index in [0.29, 0.717) is 18.0 Å². The van der Waals surface area contributed by atoms with E-state index in [1.165, 1.54) is 0 Å². The fraction of sp³-hybridized carbons (Fsp3) is 0.200. The number of nitrogens with zero attached hydrogens (tertiary/aromatic N) is 1. The van der Waals surface area contributed by atoms with Gasteiger partial charge >= 0.3 is 0 Å².